The fourth-order valence-corrected chi connectivity index (χ4v) is 4.84. The summed E-state index contributed by atoms with van der Waals surface area (Å²) >= 11 is 0. The van der Waals surface area contributed by atoms with Gasteiger partial charge in [0.1, 0.15) is 11.9 Å². The number of anilines is 1. The second kappa shape index (κ2) is 9.80. The lowest BCUT2D eigenvalue weighted by molar-refractivity contribution is -0.385. The number of non-ortho nitro benzene ring substituents is 1. The van der Waals surface area contributed by atoms with Crippen LogP contribution in [0.15, 0.2) is 36.4 Å². The second-order valence-electron chi connectivity index (χ2n) is 9.07. The second-order valence-corrected chi connectivity index (χ2v) is 9.07. The number of benzene rings is 2. The minimum Gasteiger partial charge on any atom is -0.479 e. The van der Waals surface area contributed by atoms with Crippen molar-refractivity contribution in [2.75, 3.05) is 19.1 Å². The van der Waals surface area contributed by atoms with E-state index >= 15 is 0 Å². The molecular formula is C24H30N6O6. The van der Waals surface area contributed by atoms with Crippen LogP contribution in [0.1, 0.15) is 35.5 Å². The van der Waals surface area contributed by atoms with Crippen LogP contribution in [0.3, 0.4) is 0 Å². The average molecular weight is 499 g/mol. The Morgan fingerprint density at radius 2 is 1.97 bits per heavy atom. The fourth-order valence-electron chi connectivity index (χ4n) is 4.84. The van der Waals surface area contributed by atoms with Crippen LogP contribution in [0.5, 0.6) is 5.75 Å². The molecule has 0 spiro atoms. The van der Waals surface area contributed by atoms with E-state index in [1.54, 1.807) is 14.0 Å². The first-order chi connectivity index (χ1) is 17.1. The van der Waals surface area contributed by atoms with Gasteiger partial charge in [0.05, 0.1) is 24.6 Å². The van der Waals surface area contributed by atoms with Gasteiger partial charge >= 0.3 is 0 Å². The van der Waals surface area contributed by atoms with Crippen molar-refractivity contribution in [1.29, 1.82) is 0 Å². The Morgan fingerprint density at radius 3 is 2.56 bits per heavy atom. The Bertz CT molecular complexity index is 1260. The van der Waals surface area contributed by atoms with E-state index in [9.17, 15) is 15.2 Å². The van der Waals surface area contributed by atoms with Gasteiger partial charge in [-0.15, -0.1) is 10.2 Å². The summed E-state index contributed by atoms with van der Waals surface area (Å²) in [6.07, 6.45) is -2.18. The number of methoxy groups -OCH3 is 2. The topological polar surface area (TPSA) is 138 Å². The molecule has 12 heteroatoms. The third kappa shape index (κ3) is 4.50. The van der Waals surface area contributed by atoms with Crippen LogP contribution in [-0.2, 0) is 23.1 Å². The summed E-state index contributed by atoms with van der Waals surface area (Å²) in [6.45, 7) is 5.81. The molecule has 0 radical (unpaired) electrons. The lowest BCUT2D eigenvalue weighted by Gasteiger charge is -2.50. The average Bonchev–Trinajstić information content (AvgIpc) is 3.24. The first-order valence-electron chi connectivity index (χ1n) is 11.4. The number of ether oxygens (including phenoxy) is 3. The quantitative estimate of drug-likeness (QED) is 0.280. The first-order valence-corrected chi connectivity index (χ1v) is 11.4. The molecule has 2 heterocycles. The van der Waals surface area contributed by atoms with E-state index in [4.69, 9.17) is 14.2 Å². The van der Waals surface area contributed by atoms with Gasteiger partial charge in [0, 0.05) is 37.6 Å². The van der Waals surface area contributed by atoms with Crippen LogP contribution in [-0.4, -0.2) is 62.5 Å². The maximum Gasteiger partial charge on any atom is 0.270 e. The number of aryl methyl sites for hydroxylation is 3. The highest BCUT2D eigenvalue weighted by molar-refractivity contribution is 5.59. The van der Waals surface area contributed by atoms with E-state index in [-0.39, 0.29) is 12.2 Å². The SMILES string of the molecule is COC(OC)[C@@]1(C)Oc2ccc([N+](=O)[O-])cc2[C@H](N(Cc2nnn(C)n2)c2ccc(C)cc2C)[C@H]1O. The molecule has 0 saturated carbocycles. The predicted octanol–water partition coefficient (Wildman–Crippen LogP) is 2.61. The summed E-state index contributed by atoms with van der Waals surface area (Å²) < 4.78 is 17.3. The van der Waals surface area contributed by atoms with Crippen molar-refractivity contribution in [2.45, 2.75) is 51.4 Å². The molecule has 3 aromatic rings. The zero-order valence-electron chi connectivity index (χ0n) is 21.1. The number of nitro benzene ring substituents is 1. The van der Waals surface area contributed by atoms with Gasteiger partial charge in [-0.25, -0.2) is 0 Å². The van der Waals surface area contributed by atoms with E-state index in [0.717, 1.165) is 16.8 Å². The number of fused-ring (bicyclic) bond motifs is 1. The summed E-state index contributed by atoms with van der Waals surface area (Å²) in [7, 11) is 4.58. The van der Waals surface area contributed by atoms with Gasteiger partial charge in [0.2, 0.25) is 0 Å². The van der Waals surface area contributed by atoms with Gasteiger partial charge in [-0.05, 0) is 43.7 Å². The number of hydrogen-bond donors (Lipinski definition) is 1. The lowest BCUT2D eigenvalue weighted by atomic mass is 9.83. The number of nitro groups is 1. The van der Waals surface area contributed by atoms with Gasteiger partial charge in [-0.1, -0.05) is 17.7 Å². The van der Waals surface area contributed by atoms with Crippen LogP contribution in [0.2, 0.25) is 0 Å². The zero-order chi connectivity index (χ0) is 26.2. The maximum absolute atomic E-state index is 11.9. The largest absolute Gasteiger partial charge is 0.479 e. The van der Waals surface area contributed by atoms with Crippen molar-refractivity contribution in [2.24, 2.45) is 7.05 Å². The van der Waals surface area contributed by atoms with Crippen molar-refractivity contribution >= 4 is 11.4 Å². The van der Waals surface area contributed by atoms with Crippen molar-refractivity contribution in [1.82, 2.24) is 20.2 Å². The smallest absolute Gasteiger partial charge is 0.270 e. The molecule has 0 aliphatic carbocycles. The standard InChI is InChI=1S/C24H30N6O6/c1-14-7-9-18(15(2)11-14)29(13-20-25-27-28(4)26-20)21-17-12-16(30(32)33)8-10-19(17)36-24(3,22(21)31)23(34-5)35-6/h7-12,21-23,31H,13H2,1-6H3/t21-,22+,24-/m0/s1. The molecule has 0 unspecified atom stereocenters. The highest BCUT2D eigenvalue weighted by Crippen LogP contribution is 2.48. The third-order valence-electron chi connectivity index (χ3n) is 6.49. The number of aliphatic hydroxyl groups excluding tert-OH is 1. The molecule has 36 heavy (non-hydrogen) atoms. The van der Waals surface area contributed by atoms with Gasteiger partial charge in [0.15, 0.2) is 17.7 Å². The molecule has 2 aromatic carbocycles. The molecule has 12 nitrogen and oxygen atoms in total. The molecule has 1 aliphatic rings. The van der Waals surface area contributed by atoms with Crippen molar-refractivity contribution in [3.8, 4) is 5.75 Å². The summed E-state index contributed by atoms with van der Waals surface area (Å²) in [5.74, 6) is 0.791. The highest BCUT2D eigenvalue weighted by Gasteiger charge is 2.54. The highest BCUT2D eigenvalue weighted by atomic mass is 16.7. The summed E-state index contributed by atoms with van der Waals surface area (Å²) in [6, 6.07) is 9.46. The molecule has 0 fully saturated rings. The normalized spacial score (nSPS) is 21.2. The number of aliphatic hydroxyl groups is 1. The van der Waals surface area contributed by atoms with Gasteiger partial charge in [0.25, 0.3) is 5.69 Å². The fraction of sp³-hybridized carbons (Fsp3) is 0.458. The molecular weight excluding hydrogens is 468 g/mol. The van der Waals surface area contributed by atoms with Crippen molar-refractivity contribution in [3.05, 3.63) is 69.0 Å². The first kappa shape index (κ1) is 25.5. The Hall–Kier alpha value is -3.61. The summed E-state index contributed by atoms with van der Waals surface area (Å²) in [5, 5.41) is 36.0. The predicted molar refractivity (Wildman–Crippen MR) is 130 cm³/mol. The lowest BCUT2D eigenvalue weighted by Crippen LogP contribution is -2.62. The van der Waals surface area contributed by atoms with Crippen molar-refractivity contribution in [3.63, 3.8) is 0 Å². The Kier molecular flexibility index (Phi) is 6.94. The Labute approximate surface area is 208 Å². The number of aromatic nitrogens is 4. The van der Waals surface area contributed by atoms with Crippen molar-refractivity contribution < 1.29 is 24.2 Å². The van der Waals surface area contributed by atoms with E-state index < -0.39 is 29.0 Å². The molecule has 0 bridgehead atoms. The van der Waals surface area contributed by atoms with Crippen LogP contribution in [0, 0.1) is 24.0 Å². The Balaban J connectivity index is 1.96. The van der Waals surface area contributed by atoms with E-state index in [0.29, 0.717) is 17.1 Å². The van der Waals surface area contributed by atoms with Gasteiger partial charge < -0.3 is 24.2 Å². The van der Waals surface area contributed by atoms with Gasteiger partial charge in [-0.3, -0.25) is 10.1 Å². The molecule has 0 amide bonds. The van der Waals surface area contributed by atoms with Crippen LogP contribution in [0.25, 0.3) is 0 Å². The van der Waals surface area contributed by atoms with Gasteiger partial charge in [-0.2, -0.15) is 4.80 Å². The number of hydrogen-bond acceptors (Lipinski definition) is 10. The molecule has 1 aliphatic heterocycles. The molecule has 1 aromatic heterocycles. The maximum atomic E-state index is 11.9. The van der Waals surface area contributed by atoms with Crippen LogP contribution < -0.4 is 9.64 Å². The molecule has 1 N–H and O–H groups in total. The third-order valence-corrected chi connectivity index (χ3v) is 6.49. The van der Waals surface area contributed by atoms with E-state index in [2.05, 4.69) is 15.4 Å². The number of tetrazole rings is 1. The Morgan fingerprint density at radius 1 is 1.25 bits per heavy atom. The van der Waals surface area contributed by atoms with E-state index in [1.165, 1.54) is 37.2 Å². The minimum absolute atomic E-state index is 0.119. The minimum atomic E-state index is -1.36. The van der Waals surface area contributed by atoms with Crippen LogP contribution >= 0.6 is 0 Å². The number of rotatable bonds is 8. The zero-order valence-corrected chi connectivity index (χ0v) is 21.1. The summed E-state index contributed by atoms with van der Waals surface area (Å²) in [5.41, 5.74) is 1.78. The monoisotopic (exact) mass is 498 g/mol. The molecule has 0 saturated heterocycles. The molecule has 4 rings (SSSR count). The molecule has 192 valence electrons. The van der Waals surface area contributed by atoms with Crippen LogP contribution in [0.4, 0.5) is 11.4 Å². The number of nitrogens with zero attached hydrogens (tertiary/aromatic N) is 6. The molecule has 3 atom stereocenters. The summed E-state index contributed by atoms with van der Waals surface area (Å²) in [4.78, 5) is 14.4. The van der Waals surface area contributed by atoms with E-state index in [1.807, 2.05) is 36.9 Å².